The van der Waals surface area contributed by atoms with Crippen molar-refractivity contribution in [3.63, 3.8) is 0 Å². The fourth-order valence-electron chi connectivity index (χ4n) is 6.80. The van der Waals surface area contributed by atoms with Crippen molar-refractivity contribution in [3.8, 4) is 40.6 Å². The summed E-state index contributed by atoms with van der Waals surface area (Å²) >= 11 is 0. The average molecular weight is 579 g/mol. The summed E-state index contributed by atoms with van der Waals surface area (Å²) in [5.41, 5.74) is 1.35. The largest absolute Gasteiger partial charge is 0.506 e. The second-order valence-electron chi connectivity index (χ2n) is 11.3. The highest BCUT2D eigenvalue weighted by Crippen LogP contribution is 2.61. The highest BCUT2D eigenvalue weighted by Gasteiger charge is 2.60. The lowest BCUT2D eigenvalue weighted by molar-refractivity contribution is -0.385. The van der Waals surface area contributed by atoms with Crippen molar-refractivity contribution in [2.45, 2.75) is 49.1 Å². The van der Waals surface area contributed by atoms with E-state index >= 15 is 0 Å². The van der Waals surface area contributed by atoms with Gasteiger partial charge in [-0.15, -0.1) is 0 Å². The summed E-state index contributed by atoms with van der Waals surface area (Å²) in [4.78, 5) is 10.3. The lowest BCUT2D eigenvalue weighted by atomic mass is 9.57. The van der Waals surface area contributed by atoms with Crippen molar-refractivity contribution in [1.82, 2.24) is 0 Å². The Morgan fingerprint density at radius 3 is 2.00 bits per heavy atom. The molecule has 3 heterocycles. The summed E-state index contributed by atoms with van der Waals surface area (Å²) in [7, 11) is 0. The van der Waals surface area contributed by atoms with Crippen LogP contribution in [0.15, 0.2) is 84.9 Å². The Labute approximate surface area is 246 Å². The number of nitro benzene ring substituents is 1. The van der Waals surface area contributed by atoms with Crippen LogP contribution in [0.3, 0.4) is 0 Å². The van der Waals surface area contributed by atoms with Crippen LogP contribution in [0.25, 0.3) is 0 Å². The highest BCUT2D eigenvalue weighted by molar-refractivity contribution is 5.51. The lowest BCUT2D eigenvalue weighted by Gasteiger charge is -2.61. The van der Waals surface area contributed by atoms with Gasteiger partial charge in [-0.25, -0.2) is 0 Å². The van der Waals surface area contributed by atoms with Crippen molar-refractivity contribution in [2.24, 2.45) is 0 Å². The van der Waals surface area contributed by atoms with Gasteiger partial charge in [0.25, 0.3) is 0 Å². The number of benzene rings is 4. The van der Waals surface area contributed by atoms with E-state index in [9.17, 15) is 20.3 Å². The quantitative estimate of drug-likeness (QED) is 0.176. The highest BCUT2D eigenvalue weighted by atomic mass is 16.7. The summed E-state index contributed by atoms with van der Waals surface area (Å²) < 4.78 is 24.5. The third kappa shape index (κ3) is 4.78. The molecule has 4 aromatic rings. The second kappa shape index (κ2) is 10.0. The fraction of sp³-hybridized carbons (Fsp3) is 0.242. The van der Waals surface area contributed by atoms with Crippen LogP contribution < -0.4 is 9.47 Å². The maximum Gasteiger partial charge on any atom is 0.310 e. The van der Waals surface area contributed by atoms with Crippen LogP contribution in [0.5, 0.6) is 34.5 Å². The van der Waals surface area contributed by atoms with E-state index in [4.69, 9.17) is 24.2 Å². The van der Waals surface area contributed by atoms with Gasteiger partial charge in [0, 0.05) is 36.5 Å². The van der Waals surface area contributed by atoms with E-state index in [2.05, 4.69) is 12.1 Å². The topological polar surface area (TPSA) is 144 Å². The van der Waals surface area contributed by atoms with E-state index < -0.39 is 16.3 Å². The number of nitrogens with zero attached hydrogens (tertiary/aromatic N) is 2. The van der Waals surface area contributed by atoms with Gasteiger partial charge in [-0.1, -0.05) is 24.3 Å². The van der Waals surface area contributed by atoms with E-state index in [0.29, 0.717) is 17.2 Å². The summed E-state index contributed by atoms with van der Waals surface area (Å²) in [6.45, 7) is 0. The van der Waals surface area contributed by atoms with Crippen LogP contribution >= 0.6 is 0 Å². The number of nitriles is 1. The van der Waals surface area contributed by atoms with Crippen LogP contribution in [0.4, 0.5) is 5.69 Å². The van der Waals surface area contributed by atoms with Crippen molar-refractivity contribution < 1.29 is 34.1 Å². The molecular weight excluding hydrogens is 552 g/mol. The molecule has 4 fully saturated rings. The van der Waals surface area contributed by atoms with Gasteiger partial charge in [0.1, 0.15) is 34.8 Å². The van der Waals surface area contributed by atoms with E-state index in [1.807, 2.05) is 42.5 Å². The van der Waals surface area contributed by atoms with Gasteiger partial charge in [-0.3, -0.25) is 10.1 Å². The Morgan fingerprint density at radius 1 is 0.814 bits per heavy atom. The van der Waals surface area contributed by atoms with Gasteiger partial charge in [-0.2, -0.15) is 5.26 Å². The van der Waals surface area contributed by atoms with Crippen LogP contribution in [-0.2, 0) is 20.5 Å². The van der Waals surface area contributed by atoms with Crippen LogP contribution in [0, 0.1) is 21.4 Å². The molecule has 43 heavy (non-hydrogen) atoms. The molecule has 2 N–H and O–H groups in total. The monoisotopic (exact) mass is 578 g/mol. The maximum atomic E-state index is 11.0. The number of hydrogen-bond donors (Lipinski definition) is 2. The summed E-state index contributed by atoms with van der Waals surface area (Å²) in [6.07, 6.45) is 2.90. The first-order chi connectivity index (χ1) is 20.7. The zero-order valence-electron chi connectivity index (χ0n) is 22.8. The van der Waals surface area contributed by atoms with E-state index in [0.717, 1.165) is 31.2 Å². The molecule has 10 heteroatoms. The molecule has 3 aliphatic heterocycles. The smallest absolute Gasteiger partial charge is 0.310 e. The molecule has 4 aliphatic rings. The van der Waals surface area contributed by atoms with Gasteiger partial charge in [0.05, 0.1) is 22.2 Å². The predicted molar refractivity (Wildman–Crippen MR) is 152 cm³/mol. The SMILES string of the molecule is N#Cc1ccc(Oc2ccc(C34CC5CC(c6ccc(Oc7ccc([N+](=O)[O-])c(O)c7)cc6)(C3)OC(C4)O5)cc2)cc1O. The Bertz CT molecular complexity index is 1750. The number of phenols is 2. The van der Waals surface area contributed by atoms with Crippen LogP contribution in [0.1, 0.15) is 42.4 Å². The van der Waals surface area contributed by atoms with Crippen molar-refractivity contribution in [3.05, 3.63) is 112 Å². The fourth-order valence-corrected chi connectivity index (χ4v) is 6.80. The lowest BCUT2D eigenvalue weighted by Crippen LogP contribution is -2.62. The molecule has 0 spiro atoms. The normalized spacial score (nSPS) is 25.2. The molecule has 0 radical (unpaired) electrons. The molecular formula is C33H26N2O8. The Morgan fingerprint density at radius 2 is 1.42 bits per heavy atom. The average Bonchev–Trinajstić information content (AvgIpc) is 2.97. The number of aromatic hydroxyl groups is 2. The van der Waals surface area contributed by atoms with Gasteiger partial charge in [-0.05, 0) is 66.4 Å². The third-order valence-corrected chi connectivity index (χ3v) is 8.61. The number of hydrogen-bond acceptors (Lipinski definition) is 9. The third-order valence-electron chi connectivity index (χ3n) is 8.61. The van der Waals surface area contributed by atoms with Crippen molar-refractivity contribution >= 4 is 5.69 Å². The van der Waals surface area contributed by atoms with Gasteiger partial charge in [0.15, 0.2) is 12.0 Å². The zero-order valence-corrected chi connectivity index (χ0v) is 22.8. The Hall–Kier alpha value is -5.11. The van der Waals surface area contributed by atoms with Gasteiger partial charge < -0.3 is 29.2 Å². The molecule has 3 saturated heterocycles. The molecule has 1 saturated carbocycles. The summed E-state index contributed by atoms with van der Waals surface area (Å²) in [5.74, 6) is 1.30. The van der Waals surface area contributed by atoms with E-state index in [-0.39, 0.29) is 40.6 Å². The molecule has 10 nitrogen and oxygen atoms in total. The number of ether oxygens (including phenoxy) is 4. The first-order valence-corrected chi connectivity index (χ1v) is 13.8. The summed E-state index contributed by atoms with van der Waals surface area (Å²) in [6, 6.07) is 26.0. The van der Waals surface area contributed by atoms with Crippen molar-refractivity contribution in [1.29, 1.82) is 5.26 Å². The minimum Gasteiger partial charge on any atom is -0.506 e. The zero-order chi connectivity index (χ0) is 29.8. The van der Waals surface area contributed by atoms with Crippen molar-refractivity contribution in [2.75, 3.05) is 0 Å². The number of nitro groups is 1. The standard InChI is InChI=1S/C33H26N2O8/c34-18-20-1-6-25(13-29(20)36)40-23-7-2-21(3-8-23)32-15-27-16-33(19-32,43-31(17-32)42-27)22-4-9-24(10-5-22)41-26-11-12-28(35(38)39)30(37)14-26/h1-14,27,31,36-37H,15-17,19H2. The van der Waals surface area contributed by atoms with Gasteiger partial charge >= 0.3 is 5.69 Å². The second-order valence-corrected chi connectivity index (χ2v) is 11.3. The van der Waals surface area contributed by atoms with Crippen LogP contribution in [-0.4, -0.2) is 27.5 Å². The number of rotatable bonds is 7. The van der Waals surface area contributed by atoms with Crippen LogP contribution in [0.2, 0.25) is 0 Å². The minimum absolute atomic E-state index is 0.0535. The number of phenolic OH excluding ortho intramolecular Hbond substituents is 2. The molecule has 216 valence electrons. The van der Waals surface area contributed by atoms with E-state index in [1.165, 1.54) is 35.9 Å². The molecule has 4 atom stereocenters. The van der Waals surface area contributed by atoms with Gasteiger partial charge in [0.2, 0.25) is 0 Å². The Balaban J connectivity index is 1.10. The molecule has 0 aromatic heterocycles. The molecule has 8 rings (SSSR count). The molecule has 0 amide bonds. The minimum atomic E-state index is -0.651. The predicted octanol–water partition coefficient (Wildman–Crippen LogP) is 6.92. The molecule has 1 aliphatic carbocycles. The van der Waals surface area contributed by atoms with E-state index in [1.54, 1.807) is 6.07 Å². The molecule has 4 unspecified atom stereocenters. The Kier molecular flexibility index (Phi) is 6.23. The first-order valence-electron chi connectivity index (χ1n) is 13.8. The maximum absolute atomic E-state index is 11.0. The molecule has 4 aromatic carbocycles. The molecule has 4 bridgehead atoms. The first kappa shape index (κ1) is 26.8. The summed E-state index contributed by atoms with van der Waals surface area (Å²) in [5, 5.41) is 39.9.